The molecule has 3 heterocycles. The van der Waals surface area contributed by atoms with Gasteiger partial charge in [-0.2, -0.15) is 0 Å². The summed E-state index contributed by atoms with van der Waals surface area (Å²) in [6.45, 7) is 14.3. The lowest BCUT2D eigenvalue weighted by atomic mass is 9.64. The number of aliphatic hydroxyl groups excluding tert-OH is 1. The van der Waals surface area contributed by atoms with Gasteiger partial charge in [0.1, 0.15) is 11.6 Å². The molecule has 3 saturated heterocycles. The zero-order valence-electron chi connectivity index (χ0n) is 20.5. The van der Waals surface area contributed by atoms with Gasteiger partial charge in [0.25, 0.3) is 0 Å². The number of fused-ring (bicyclic) bond motifs is 1. The molecule has 8 nitrogen and oxygen atoms in total. The van der Waals surface area contributed by atoms with Crippen LogP contribution in [-0.4, -0.2) is 94.1 Å². The van der Waals surface area contributed by atoms with Crippen molar-refractivity contribution in [2.24, 2.45) is 11.8 Å². The monoisotopic (exact) mass is 461 g/mol. The van der Waals surface area contributed by atoms with Gasteiger partial charge >= 0.3 is 0 Å². The zero-order chi connectivity index (χ0) is 24.6. The van der Waals surface area contributed by atoms with Gasteiger partial charge in [-0.15, -0.1) is 13.2 Å². The number of nitrogens with zero attached hydrogens (tertiary/aromatic N) is 3. The molecule has 0 aromatic carbocycles. The van der Waals surface area contributed by atoms with Gasteiger partial charge in [-0.05, 0) is 39.5 Å². The predicted molar refractivity (Wildman–Crippen MR) is 125 cm³/mol. The third-order valence-corrected chi connectivity index (χ3v) is 7.75. The van der Waals surface area contributed by atoms with Gasteiger partial charge in [-0.25, -0.2) is 0 Å². The van der Waals surface area contributed by atoms with Crippen LogP contribution in [0.15, 0.2) is 25.3 Å². The number of aliphatic hydroxyl groups is 1. The number of ether oxygens (including phenoxy) is 1. The molecule has 3 amide bonds. The van der Waals surface area contributed by atoms with Crippen molar-refractivity contribution in [1.82, 2.24) is 14.7 Å². The minimum absolute atomic E-state index is 0.0874. The lowest BCUT2D eigenvalue weighted by molar-refractivity contribution is -0.155. The average Bonchev–Trinajstić information content (AvgIpc) is 3.38. The van der Waals surface area contributed by atoms with E-state index in [4.69, 9.17) is 4.74 Å². The summed E-state index contributed by atoms with van der Waals surface area (Å²) in [6.07, 6.45) is 5.47. The Balaban J connectivity index is 2.11. The van der Waals surface area contributed by atoms with Gasteiger partial charge in [-0.1, -0.05) is 19.1 Å². The van der Waals surface area contributed by atoms with Gasteiger partial charge in [0, 0.05) is 39.3 Å². The maximum Gasteiger partial charge on any atom is 0.248 e. The normalized spacial score (nSPS) is 32.2. The Morgan fingerprint density at radius 3 is 2.45 bits per heavy atom. The van der Waals surface area contributed by atoms with Crippen molar-refractivity contribution in [3.05, 3.63) is 25.3 Å². The molecule has 33 heavy (non-hydrogen) atoms. The smallest absolute Gasteiger partial charge is 0.248 e. The predicted octanol–water partition coefficient (Wildman–Crippen LogP) is 1.59. The summed E-state index contributed by atoms with van der Waals surface area (Å²) < 4.78 is 6.73. The summed E-state index contributed by atoms with van der Waals surface area (Å²) >= 11 is 0. The number of amides is 3. The third-order valence-electron chi connectivity index (χ3n) is 7.75. The molecule has 3 rings (SSSR count). The molecule has 0 saturated carbocycles. The van der Waals surface area contributed by atoms with E-state index in [1.165, 1.54) is 0 Å². The van der Waals surface area contributed by atoms with Crippen molar-refractivity contribution >= 4 is 17.7 Å². The Kier molecular flexibility index (Phi) is 7.39. The fourth-order valence-electron chi connectivity index (χ4n) is 6.23. The molecule has 3 fully saturated rings. The quantitative estimate of drug-likeness (QED) is 0.472. The number of rotatable bonds is 11. The number of hydrogen-bond acceptors (Lipinski definition) is 5. The zero-order valence-corrected chi connectivity index (χ0v) is 20.5. The Morgan fingerprint density at radius 1 is 1.24 bits per heavy atom. The number of likely N-dealkylation sites (N-methyl/N-ethyl adjacent to an activating group) is 1. The maximum absolute atomic E-state index is 14.0. The summed E-state index contributed by atoms with van der Waals surface area (Å²) in [5, 5.41) is 9.46. The van der Waals surface area contributed by atoms with Crippen molar-refractivity contribution in [2.75, 3.05) is 33.3 Å². The van der Waals surface area contributed by atoms with E-state index in [9.17, 15) is 19.5 Å². The molecular weight excluding hydrogens is 422 g/mol. The summed E-state index contributed by atoms with van der Waals surface area (Å²) in [6, 6.07) is -0.907. The second-order valence-corrected chi connectivity index (χ2v) is 9.82. The van der Waals surface area contributed by atoms with Crippen LogP contribution in [-0.2, 0) is 19.1 Å². The standard InChI is InChI=1S/C25H39N3O5/c1-7-13-26(6)21(30)18-19-22(31)28(15-10-16-29)20(23(32)27(14-8-2)17(4)5)25(19)12-11-24(18,9-3)33-25/h7-8,17-20,29H,1-2,9-16H2,3-6H3/t18-,19+,20?,24+,25?/m1/s1. The minimum Gasteiger partial charge on any atom is -0.396 e. The first-order valence-corrected chi connectivity index (χ1v) is 12.0. The van der Waals surface area contributed by atoms with Crippen molar-refractivity contribution in [3.8, 4) is 0 Å². The SMILES string of the molecule is C=CCN(C)C(=O)[C@H]1[C@H]2C(=O)N(CCCO)C(C(=O)N(CC=C)C(C)C)C23CC[C@]1(CC)O3. The lowest BCUT2D eigenvalue weighted by Crippen LogP contribution is -2.57. The van der Waals surface area contributed by atoms with E-state index in [0.29, 0.717) is 38.8 Å². The van der Waals surface area contributed by atoms with Gasteiger partial charge < -0.3 is 24.5 Å². The first-order chi connectivity index (χ1) is 15.7. The molecule has 0 aliphatic carbocycles. The van der Waals surface area contributed by atoms with Crippen molar-refractivity contribution in [1.29, 1.82) is 0 Å². The van der Waals surface area contributed by atoms with Crippen LogP contribution in [0, 0.1) is 11.8 Å². The molecule has 3 aliphatic rings. The second kappa shape index (κ2) is 9.58. The molecule has 2 unspecified atom stereocenters. The van der Waals surface area contributed by atoms with E-state index in [0.717, 1.165) is 0 Å². The molecule has 5 atom stereocenters. The average molecular weight is 462 g/mol. The number of carbonyl (C=O) groups excluding carboxylic acids is 3. The fraction of sp³-hybridized carbons (Fsp3) is 0.720. The number of carbonyl (C=O) groups is 3. The summed E-state index contributed by atoms with van der Waals surface area (Å²) in [7, 11) is 1.71. The maximum atomic E-state index is 14.0. The van der Waals surface area contributed by atoms with Gasteiger partial charge in [0.05, 0.1) is 17.4 Å². The molecule has 0 radical (unpaired) electrons. The van der Waals surface area contributed by atoms with Crippen LogP contribution in [0.3, 0.4) is 0 Å². The van der Waals surface area contributed by atoms with Crippen LogP contribution in [0.5, 0.6) is 0 Å². The second-order valence-electron chi connectivity index (χ2n) is 9.82. The van der Waals surface area contributed by atoms with Crippen molar-refractivity contribution in [2.45, 2.75) is 69.7 Å². The first kappa shape index (κ1) is 25.4. The van der Waals surface area contributed by atoms with Crippen LogP contribution in [0.4, 0.5) is 0 Å². The topological polar surface area (TPSA) is 90.4 Å². The third kappa shape index (κ3) is 3.81. The molecule has 1 N–H and O–H groups in total. The molecule has 184 valence electrons. The van der Waals surface area contributed by atoms with Crippen molar-refractivity contribution < 1.29 is 24.2 Å². The summed E-state index contributed by atoms with van der Waals surface area (Å²) in [5.74, 6) is -1.90. The molecule has 2 bridgehead atoms. The molecule has 1 spiro atoms. The highest BCUT2D eigenvalue weighted by Crippen LogP contribution is 2.64. The number of hydrogen-bond donors (Lipinski definition) is 1. The Bertz CT molecular complexity index is 814. The molecule has 8 heteroatoms. The molecular formula is C25H39N3O5. The van der Waals surface area contributed by atoms with Gasteiger partial charge in [0.15, 0.2) is 0 Å². The highest BCUT2D eigenvalue weighted by atomic mass is 16.5. The van der Waals surface area contributed by atoms with Gasteiger partial charge in [0.2, 0.25) is 17.7 Å². The molecule has 0 aromatic rings. The van der Waals surface area contributed by atoms with Crippen LogP contribution in [0.2, 0.25) is 0 Å². The van der Waals surface area contributed by atoms with E-state index in [-0.39, 0.29) is 36.9 Å². The first-order valence-electron chi connectivity index (χ1n) is 12.0. The summed E-state index contributed by atoms with van der Waals surface area (Å²) in [4.78, 5) is 46.3. The minimum atomic E-state index is -1.04. The van der Waals surface area contributed by atoms with Crippen LogP contribution < -0.4 is 0 Å². The van der Waals surface area contributed by atoms with E-state index in [2.05, 4.69) is 13.2 Å². The van der Waals surface area contributed by atoms with E-state index >= 15 is 0 Å². The summed E-state index contributed by atoms with van der Waals surface area (Å²) in [5.41, 5.74) is -1.79. The largest absolute Gasteiger partial charge is 0.396 e. The van der Waals surface area contributed by atoms with Crippen LogP contribution in [0.1, 0.15) is 46.5 Å². The Morgan fingerprint density at radius 2 is 1.91 bits per heavy atom. The van der Waals surface area contributed by atoms with Crippen LogP contribution in [0.25, 0.3) is 0 Å². The van der Waals surface area contributed by atoms with E-state index < -0.39 is 29.1 Å². The van der Waals surface area contributed by atoms with Crippen LogP contribution >= 0.6 is 0 Å². The fourth-order valence-corrected chi connectivity index (χ4v) is 6.23. The molecule has 0 aromatic heterocycles. The van der Waals surface area contributed by atoms with Gasteiger partial charge in [-0.3, -0.25) is 14.4 Å². The Hall–Kier alpha value is -2.19. The molecule has 3 aliphatic heterocycles. The highest BCUT2D eigenvalue weighted by molar-refractivity contribution is 5.99. The highest BCUT2D eigenvalue weighted by Gasteiger charge is 2.78. The van der Waals surface area contributed by atoms with E-state index in [1.54, 1.807) is 33.9 Å². The van der Waals surface area contributed by atoms with E-state index in [1.807, 2.05) is 20.8 Å². The lowest BCUT2D eigenvalue weighted by Gasteiger charge is -2.38. The number of likely N-dealkylation sites (tertiary alicyclic amines) is 1. The van der Waals surface area contributed by atoms with Crippen molar-refractivity contribution in [3.63, 3.8) is 0 Å². The Labute approximate surface area is 197 Å².